The van der Waals surface area contributed by atoms with Crippen molar-refractivity contribution in [3.8, 4) is 0 Å². The lowest BCUT2D eigenvalue weighted by Gasteiger charge is -2.40. The van der Waals surface area contributed by atoms with E-state index in [0.717, 1.165) is 61.3 Å². The summed E-state index contributed by atoms with van der Waals surface area (Å²) in [6.07, 6.45) is 7.10. The summed E-state index contributed by atoms with van der Waals surface area (Å²) in [6, 6.07) is 23.3. The minimum atomic E-state index is 0.0197. The van der Waals surface area contributed by atoms with Crippen molar-refractivity contribution in [2.24, 2.45) is 5.92 Å². The van der Waals surface area contributed by atoms with Crippen LogP contribution in [0, 0.1) is 5.92 Å². The summed E-state index contributed by atoms with van der Waals surface area (Å²) in [6.45, 7) is 1.30. The molecule has 0 N–H and O–H groups in total. The summed E-state index contributed by atoms with van der Waals surface area (Å²) in [7, 11) is 0. The number of amides is 2. The third-order valence-electron chi connectivity index (χ3n) is 8.02. The number of carbonyl (C=O) groups excluding carboxylic acids is 2. The minimum Gasteiger partial charge on any atom is -0.339 e. The van der Waals surface area contributed by atoms with Gasteiger partial charge in [0.1, 0.15) is 0 Å². The van der Waals surface area contributed by atoms with E-state index in [1.54, 1.807) is 0 Å². The fourth-order valence-electron chi connectivity index (χ4n) is 6.08. The molecule has 6 rings (SSSR count). The number of nitrogens with zero attached hydrogens (tertiary/aromatic N) is 2. The predicted octanol–water partition coefficient (Wildman–Crippen LogP) is 5.76. The number of likely N-dealkylation sites (tertiary alicyclic amines) is 1. The van der Waals surface area contributed by atoms with Gasteiger partial charge >= 0.3 is 0 Å². The molecule has 1 atom stereocenters. The highest BCUT2D eigenvalue weighted by Crippen LogP contribution is 2.42. The van der Waals surface area contributed by atoms with Crippen LogP contribution in [0.25, 0.3) is 10.8 Å². The van der Waals surface area contributed by atoms with Gasteiger partial charge in [0.05, 0.1) is 6.04 Å². The molecular weight excluding hydrogens is 420 g/mol. The minimum absolute atomic E-state index is 0.0197. The molecule has 1 aliphatic heterocycles. The van der Waals surface area contributed by atoms with Crippen LogP contribution >= 0.6 is 0 Å². The summed E-state index contributed by atoms with van der Waals surface area (Å²) in [5.41, 5.74) is 3.53. The number of piperidine rings is 1. The van der Waals surface area contributed by atoms with Gasteiger partial charge < -0.3 is 9.80 Å². The molecule has 4 heteroatoms. The molecule has 0 radical (unpaired) electrons. The van der Waals surface area contributed by atoms with Crippen molar-refractivity contribution < 1.29 is 9.59 Å². The first-order valence-electron chi connectivity index (χ1n) is 12.9. The summed E-state index contributed by atoms with van der Waals surface area (Å²) in [5, 5.41) is 2.09. The molecule has 1 saturated heterocycles. The monoisotopic (exact) mass is 452 g/mol. The number of rotatable bonds is 4. The van der Waals surface area contributed by atoms with Crippen molar-refractivity contribution in [2.45, 2.75) is 57.0 Å². The molecule has 2 amide bonds. The normalized spacial score (nSPS) is 20.7. The molecule has 1 saturated carbocycles. The molecule has 3 aromatic carbocycles. The number of carbonyl (C=O) groups is 2. The van der Waals surface area contributed by atoms with E-state index in [9.17, 15) is 9.59 Å². The molecule has 34 heavy (non-hydrogen) atoms. The van der Waals surface area contributed by atoms with E-state index in [0.29, 0.717) is 25.0 Å². The van der Waals surface area contributed by atoms with Crippen LogP contribution in [0.3, 0.4) is 0 Å². The molecule has 2 fully saturated rings. The SMILES string of the molecule is O=C(c1cccc2ccccc12)N1CCC(C(=O)N(C2CC2)C2CCCc3ccccc32)CC1. The van der Waals surface area contributed by atoms with E-state index in [1.165, 1.54) is 11.1 Å². The number of hydrogen-bond donors (Lipinski definition) is 0. The molecule has 3 aliphatic rings. The molecule has 3 aromatic rings. The zero-order valence-corrected chi connectivity index (χ0v) is 19.7. The molecule has 1 unspecified atom stereocenters. The lowest BCUT2D eigenvalue weighted by molar-refractivity contribution is -0.140. The first-order valence-corrected chi connectivity index (χ1v) is 12.9. The van der Waals surface area contributed by atoms with Crippen molar-refractivity contribution in [3.63, 3.8) is 0 Å². The Bertz CT molecular complexity index is 1220. The molecule has 2 aliphatic carbocycles. The lowest BCUT2D eigenvalue weighted by atomic mass is 9.85. The predicted molar refractivity (Wildman–Crippen MR) is 135 cm³/mol. The zero-order chi connectivity index (χ0) is 23.1. The number of aryl methyl sites for hydroxylation is 1. The van der Waals surface area contributed by atoms with E-state index in [-0.39, 0.29) is 17.9 Å². The summed E-state index contributed by atoms with van der Waals surface area (Å²) < 4.78 is 0. The topological polar surface area (TPSA) is 40.6 Å². The van der Waals surface area contributed by atoms with Gasteiger partial charge in [-0.1, -0.05) is 60.7 Å². The maximum Gasteiger partial charge on any atom is 0.254 e. The lowest BCUT2D eigenvalue weighted by Crippen LogP contribution is -2.46. The van der Waals surface area contributed by atoms with Gasteiger partial charge in [0, 0.05) is 30.6 Å². The second kappa shape index (κ2) is 8.90. The van der Waals surface area contributed by atoms with E-state index in [1.807, 2.05) is 47.4 Å². The van der Waals surface area contributed by atoms with Gasteiger partial charge in [-0.15, -0.1) is 0 Å². The molecule has 174 valence electrons. The standard InChI is InChI=1S/C30H32N2O2/c33-29(32(24-15-16-24)28-14-6-10-22-8-2-4-12-26(22)28)23-17-19-31(20-18-23)30(34)27-13-5-9-21-7-1-3-11-25(21)27/h1-5,7-9,11-13,23-24,28H,6,10,14-20H2. The van der Waals surface area contributed by atoms with Crippen molar-refractivity contribution in [3.05, 3.63) is 83.4 Å². The first-order chi connectivity index (χ1) is 16.7. The van der Waals surface area contributed by atoms with E-state index < -0.39 is 0 Å². The van der Waals surface area contributed by atoms with E-state index >= 15 is 0 Å². The summed E-state index contributed by atoms with van der Waals surface area (Å²) >= 11 is 0. The molecular formula is C30H32N2O2. The molecule has 0 spiro atoms. The second-order valence-corrected chi connectivity index (χ2v) is 10.2. The Morgan fingerprint density at radius 2 is 1.53 bits per heavy atom. The third-order valence-corrected chi connectivity index (χ3v) is 8.02. The fraction of sp³-hybridized carbons (Fsp3) is 0.400. The van der Waals surface area contributed by atoms with Crippen LogP contribution < -0.4 is 0 Å². The van der Waals surface area contributed by atoms with Gasteiger partial charge in [-0.05, 0) is 72.9 Å². The quantitative estimate of drug-likeness (QED) is 0.505. The van der Waals surface area contributed by atoms with Crippen molar-refractivity contribution >= 4 is 22.6 Å². The van der Waals surface area contributed by atoms with Crippen LogP contribution in [0.2, 0.25) is 0 Å². The third kappa shape index (κ3) is 3.89. The van der Waals surface area contributed by atoms with Crippen LogP contribution in [-0.2, 0) is 11.2 Å². The maximum absolute atomic E-state index is 13.8. The van der Waals surface area contributed by atoms with Crippen molar-refractivity contribution in [1.82, 2.24) is 9.80 Å². The Morgan fingerprint density at radius 1 is 0.794 bits per heavy atom. The molecule has 0 aromatic heterocycles. The second-order valence-electron chi connectivity index (χ2n) is 10.2. The Hall–Kier alpha value is -3.14. The average Bonchev–Trinajstić information content (AvgIpc) is 3.73. The number of hydrogen-bond acceptors (Lipinski definition) is 2. The first kappa shape index (κ1) is 21.4. The average molecular weight is 453 g/mol. The van der Waals surface area contributed by atoms with E-state index in [2.05, 4.69) is 29.2 Å². The van der Waals surface area contributed by atoms with E-state index in [4.69, 9.17) is 0 Å². The fourth-order valence-corrected chi connectivity index (χ4v) is 6.08. The van der Waals surface area contributed by atoms with Gasteiger partial charge in [0.15, 0.2) is 0 Å². The van der Waals surface area contributed by atoms with Gasteiger partial charge in [0.2, 0.25) is 5.91 Å². The number of benzene rings is 3. The van der Waals surface area contributed by atoms with Crippen LogP contribution in [0.15, 0.2) is 66.7 Å². The van der Waals surface area contributed by atoms with Gasteiger partial charge in [-0.3, -0.25) is 9.59 Å². The Balaban J connectivity index is 1.17. The largest absolute Gasteiger partial charge is 0.339 e. The highest BCUT2D eigenvalue weighted by Gasteiger charge is 2.42. The maximum atomic E-state index is 13.8. The van der Waals surface area contributed by atoms with Gasteiger partial charge in [-0.2, -0.15) is 0 Å². The van der Waals surface area contributed by atoms with Gasteiger partial charge in [0.25, 0.3) is 5.91 Å². The molecule has 0 bridgehead atoms. The summed E-state index contributed by atoms with van der Waals surface area (Å²) in [4.78, 5) is 31.4. The Kier molecular flexibility index (Phi) is 5.60. The number of fused-ring (bicyclic) bond motifs is 2. The molecule has 4 nitrogen and oxygen atoms in total. The Labute approximate surface area is 201 Å². The van der Waals surface area contributed by atoms with Crippen molar-refractivity contribution in [1.29, 1.82) is 0 Å². The molecule has 1 heterocycles. The smallest absolute Gasteiger partial charge is 0.254 e. The van der Waals surface area contributed by atoms with Gasteiger partial charge in [-0.25, -0.2) is 0 Å². The zero-order valence-electron chi connectivity index (χ0n) is 19.7. The van der Waals surface area contributed by atoms with Crippen molar-refractivity contribution in [2.75, 3.05) is 13.1 Å². The van der Waals surface area contributed by atoms with Crippen LogP contribution in [0.1, 0.15) is 66.1 Å². The Morgan fingerprint density at radius 3 is 2.35 bits per heavy atom. The highest BCUT2D eigenvalue weighted by molar-refractivity contribution is 6.07. The van der Waals surface area contributed by atoms with Crippen LogP contribution in [0.4, 0.5) is 0 Å². The van der Waals surface area contributed by atoms with Crippen LogP contribution in [-0.4, -0.2) is 40.7 Å². The summed E-state index contributed by atoms with van der Waals surface area (Å²) in [5.74, 6) is 0.427. The van der Waals surface area contributed by atoms with Crippen LogP contribution in [0.5, 0.6) is 0 Å². The highest BCUT2D eigenvalue weighted by atomic mass is 16.2.